The number of nitrogens with zero attached hydrogens (tertiary/aromatic N) is 1. The molecule has 2 saturated carbocycles. The number of furan rings is 1. The Morgan fingerprint density at radius 2 is 2.21 bits per heavy atom. The molecule has 2 aliphatic heterocycles. The Morgan fingerprint density at radius 1 is 1.38 bits per heavy atom. The number of epoxide rings is 1. The summed E-state index contributed by atoms with van der Waals surface area (Å²) < 4.78 is 18.0. The van der Waals surface area contributed by atoms with Crippen LogP contribution in [0.3, 0.4) is 0 Å². The van der Waals surface area contributed by atoms with Crippen LogP contribution in [0.2, 0.25) is 0 Å². The van der Waals surface area contributed by atoms with Gasteiger partial charge in [-0.05, 0) is 57.7 Å². The quantitative estimate of drug-likeness (QED) is 0.531. The van der Waals surface area contributed by atoms with Gasteiger partial charge in [-0.15, -0.1) is 0 Å². The lowest BCUT2D eigenvalue weighted by atomic mass is 9.53. The zero-order valence-electron chi connectivity index (χ0n) is 18.2. The second-order valence-corrected chi connectivity index (χ2v) is 10.5. The molecule has 4 fully saturated rings. The van der Waals surface area contributed by atoms with Crippen molar-refractivity contribution >= 4 is 5.97 Å². The second-order valence-electron chi connectivity index (χ2n) is 10.5. The first-order valence-corrected chi connectivity index (χ1v) is 11.5. The average Bonchev–Trinajstić information content (AvgIpc) is 3.08. The molecule has 5 nitrogen and oxygen atoms in total. The van der Waals surface area contributed by atoms with Gasteiger partial charge in [0.15, 0.2) is 0 Å². The first-order valence-electron chi connectivity index (χ1n) is 11.5. The number of rotatable bonds is 6. The number of fused-ring (bicyclic) bond motifs is 2. The Labute approximate surface area is 174 Å². The van der Waals surface area contributed by atoms with Gasteiger partial charge in [-0.2, -0.15) is 0 Å². The number of carbonyl (C=O) groups is 1. The van der Waals surface area contributed by atoms with Gasteiger partial charge >= 0.3 is 5.97 Å². The number of carbonyl (C=O) groups excluding carboxylic acids is 1. The van der Waals surface area contributed by atoms with Crippen LogP contribution in [0.1, 0.15) is 58.6 Å². The molecule has 0 aromatic carbocycles. The van der Waals surface area contributed by atoms with Crippen molar-refractivity contribution in [1.29, 1.82) is 0 Å². The minimum atomic E-state index is -0.0703. The SMILES string of the molecule is CC(CCc1ccco1)N(C)CC1C(=O)OC2CC3(C)CCCC(C)C34OC4C21. The number of ether oxygens (including phenoxy) is 2. The highest BCUT2D eigenvalue weighted by molar-refractivity contribution is 5.76. The third-order valence-corrected chi connectivity index (χ3v) is 8.82. The van der Waals surface area contributed by atoms with Crippen molar-refractivity contribution in [1.82, 2.24) is 4.90 Å². The zero-order chi connectivity index (χ0) is 20.4. The molecule has 1 aromatic rings. The summed E-state index contributed by atoms with van der Waals surface area (Å²) in [5.74, 6) is 1.74. The fourth-order valence-electron chi connectivity index (χ4n) is 6.96. The van der Waals surface area contributed by atoms with Crippen molar-refractivity contribution in [3.05, 3.63) is 24.2 Å². The van der Waals surface area contributed by atoms with E-state index in [0.717, 1.165) is 31.6 Å². The fourth-order valence-corrected chi connectivity index (χ4v) is 6.96. The Balaban J connectivity index is 1.27. The molecule has 8 unspecified atom stereocenters. The molecule has 0 N–H and O–H groups in total. The molecule has 0 amide bonds. The summed E-state index contributed by atoms with van der Waals surface area (Å²) in [4.78, 5) is 15.2. The first-order chi connectivity index (χ1) is 13.9. The molecule has 2 saturated heterocycles. The maximum Gasteiger partial charge on any atom is 0.311 e. The molecule has 1 aromatic heterocycles. The first kappa shape index (κ1) is 19.6. The number of aryl methyl sites for hydroxylation is 1. The van der Waals surface area contributed by atoms with Crippen molar-refractivity contribution < 1.29 is 18.7 Å². The summed E-state index contributed by atoms with van der Waals surface area (Å²) in [6.07, 6.45) is 8.57. The molecule has 0 bridgehead atoms. The molecule has 2 aliphatic carbocycles. The summed E-state index contributed by atoms with van der Waals surface area (Å²) in [7, 11) is 2.13. The van der Waals surface area contributed by atoms with Crippen LogP contribution >= 0.6 is 0 Å². The molecule has 3 heterocycles. The lowest BCUT2D eigenvalue weighted by molar-refractivity contribution is -0.146. The average molecular weight is 402 g/mol. The van der Waals surface area contributed by atoms with E-state index in [1.165, 1.54) is 19.3 Å². The van der Waals surface area contributed by atoms with Gasteiger partial charge in [0.05, 0.1) is 18.3 Å². The van der Waals surface area contributed by atoms with Gasteiger partial charge < -0.3 is 18.8 Å². The smallest absolute Gasteiger partial charge is 0.311 e. The van der Waals surface area contributed by atoms with Crippen molar-refractivity contribution in [3.63, 3.8) is 0 Å². The monoisotopic (exact) mass is 401 g/mol. The largest absolute Gasteiger partial charge is 0.469 e. The van der Waals surface area contributed by atoms with Crippen molar-refractivity contribution in [2.45, 2.75) is 83.1 Å². The van der Waals surface area contributed by atoms with Gasteiger partial charge in [-0.25, -0.2) is 0 Å². The predicted molar refractivity (Wildman–Crippen MR) is 109 cm³/mol. The lowest BCUT2D eigenvalue weighted by Gasteiger charge is -2.49. The Bertz CT molecular complexity index is 763. The number of esters is 1. The van der Waals surface area contributed by atoms with E-state index in [1.807, 2.05) is 12.1 Å². The van der Waals surface area contributed by atoms with E-state index in [0.29, 0.717) is 12.0 Å². The molecule has 4 aliphatic rings. The van der Waals surface area contributed by atoms with Crippen LogP contribution in [0.4, 0.5) is 0 Å². The van der Waals surface area contributed by atoms with Crippen LogP contribution in [0.25, 0.3) is 0 Å². The van der Waals surface area contributed by atoms with E-state index in [4.69, 9.17) is 13.9 Å². The maximum absolute atomic E-state index is 12.9. The molecule has 160 valence electrons. The summed E-state index contributed by atoms with van der Waals surface area (Å²) in [5.41, 5.74) is 0.149. The van der Waals surface area contributed by atoms with Gasteiger partial charge in [0, 0.05) is 30.3 Å². The van der Waals surface area contributed by atoms with E-state index in [1.54, 1.807) is 6.26 Å². The molecular weight excluding hydrogens is 366 g/mol. The highest BCUT2D eigenvalue weighted by Crippen LogP contribution is 2.70. The normalized spacial score (nSPS) is 44.0. The molecule has 0 radical (unpaired) electrons. The van der Waals surface area contributed by atoms with Crippen molar-refractivity contribution in [3.8, 4) is 0 Å². The van der Waals surface area contributed by atoms with Gasteiger partial charge in [-0.3, -0.25) is 4.79 Å². The highest BCUT2D eigenvalue weighted by Gasteiger charge is 2.78. The van der Waals surface area contributed by atoms with E-state index in [2.05, 4.69) is 32.7 Å². The Morgan fingerprint density at radius 3 is 2.97 bits per heavy atom. The topological polar surface area (TPSA) is 55.2 Å². The summed E-state index contributed by atoms with van der Waals surface area (Å²) in [6, 6.07) is 4.34. The summed E-state index contributed by atoms with van der Waals surface area (Å²) >= 11 is 0. The van der Waals surface area contributed by atoms with Crippen LogP contribution in [0.5, 0.6) is 0 Å². The molecule has 5 rings (SSSR count). The van der Waals surface area contributed by atoms with Crippen LogP contribution < -0.4 is 0 Å². The van der Waals surface area contributed by atoms with Crippen molar-refractivity contribution in [2.75, 3.05) is 13.6 Å². The van der Waals surface area contributed by atoms with Gasteiger partial charge in [0.1, 0.15) is 17.5 Å². The number of hydrogen-bond acceptors (Lipinski definition) is 5. The van der Waals surface area contributed by atoms with E-state index < -0.39 is 0 Å². The van der Waals surface area contributed by atoms with Gasteiger partial charge in [-0.1, -0.05) is 20.3 Å². The molecular formula is C24H35NO4. The number of hydrogen-bond donors (Lipinski definition) is 0. The van der Waals surface area contributed by atoms with E-state index in [-0.39, 0.29) is 41.0 Å². The predicted octanol–water partition coefficient (Wildman–Crippen LogP) is 4.06. The Hall–Kier alpha value is -1.33. The van der Waals surface area contributed by atoms with Gasteiger partial charge in [0.2, 0.25) is 0 Å². The zero-order valence-corrected chi connectivity index (χ0v) is 18.2. The molecule has 8 atom stereocenters. The molecule has 1 spiro atoms. The van der Waals surface area contributed by atoms with E-state index in [9.17, 15) is 4.79 Å². The van der Waals surface area contributed by atoms with Gasteiger partial charge in [0.25, 0.3) is 0 Å². The van der Waals surface area contributed by atoms with Crippen LogP contribution in [-0.4, -0.2) is 48.3 Å². The van der Waals surface area contributed by atoms with Crippen LogP contribution in [-0.2, 0) is 20.7 Å². The lowest BCUT2D eigenvalue weighted by Crippen LogP contribution is -2.54. The minimum Gasteiger partial charge on any atom is -0.469 e. The summed E-state index contributed by atoms with van der Waals surface area (Å²) in [6.45, 7) is 7.72. The minimum absolute atomic E-state index is 0.00867. The summed E-state index contributed by atoms with van der Waals surface area (Å²) in [5, 5.41) is 0. The van der Waals surface area contributed by atoms with Crippen LogP contribution in [0, 0.1) is 23.2 Å². The highest BCUT2D eigenvalue weighted by atomic mass is 16.6. The fraction of sp³-hybridized carbons (Fsp3) is 0.792. The van der Waals surface area contributed by atoms with Crippen LogP contribution in [0.15, 0.2) is 22.8 Å². The maximum atomic E-state index is 12.9. The Kier molecular flexibility index (Phi) is 4.63. The molecule has 29 heavy (non-hydrogen) atoms. The standard InChI is InChI=1S/C24H35NO4/c1-15-7-5-11-23(3)13-19-20(21-24(15,23)29-21)18(22(26)28-19)14-25(4)16(2)9-10-17-8-6-12-27-17/h6,8,12,15-16,18-21H,5,7,9-11,13-14H2,1-4H3. The third-order valence-electron chi connectivity index (χ3n) is 8.82. The third kappa shape index (κ3) is 2.91. The van der Waals surface area contributed by atoms with Crippen molar-refractivity contribution in [2.24, 2.45) is 23.2 Å². The second kappa shape index (κ2) is 6.84. The van der Waals surface area contributed by atoms with E-state index >= 15 is 0 Å². The molecule has 5 heteroatoms.